The summed E-state index contributed by atoms with van der Waals surface area (Å²) >= 11 is 6.48. The van der Waals surface area contributed by atoms with Gasteiger partial charge >= 0.3 is 0 Å². The van der Waals surface area contributed by atoms with Crippen LogP contribution in [-0.2, 0) is 0 Å². The number of alkyl halides is 1. The quantitative estimate of drug-likeness (QED) is 0.741. The Morgan fingerprint density at radius 1 is 1.53 bits per heavy atom. The van der Waals surface area contributed by atoms with Gasteiger partial charge in [-0.25, -0.2) is 4.39 Å². The molecule has 0 saturated heterocycles. The molecule has 1 amide bonds. The van der Waals surface area contributed by atoms with E-state index in [1.165, 1.54) is 6.07 Å². The van der Waals surface area contributed by atoms with Gasteiger partial charge in [0.2, 0.25) is 0 Å². The molecule has 1 unspecified atom stereocenters. The summed E-state index contributed by atoms with van der Waals surface area (Å²) in [4.78, 5) is 13.9. The van der Waals surface area contributed by atoms with Crippen molar-refractivity contribution in [1.82, 2.24) is 4.90 Å². The predicted molar refractivity (Wildman–Crippen MR) is 74.1 cm³/mol. The summed E-state index contributed by atoms with van der Waals surface area (Å²) in [6.07, 6.45) is 0.862. The van der Waals surface area contributed by atoms with Gasteiger partial charge in [-0.3, -0.25) is 4.79 Å². The van der Waals surface area contributed by atoms with E-state index in [0.717, 1.165) is 6.42 Å². The van der Waals surface area contributed by atoms with Gasteiger partial charge in [0.15, 0.2) is 0 Å². The van der Waals surface area contributed by atoms with E-state index in [0.29, 0.717) is 21.4 Å². The van der Waals surface area contributed by atoms with E-state index in [1.54, 1.807) is 24.1 Å². The lowest BCUT2D eigenvalue weighted by atomic mass is 10.2. The molecule has 1 atom stereocenters. The van der Waals surface area contributed by atoms with Crippen LogP contribution in [0.1, 0.15) is 23.7 Å². The van der Waals surface area contributed by atoms with Crippen LogP contribution < -0.4 is 0 Å². The average molecular weight is 367 g/mol. The number of carbonyl (C=O) groups is 1. The van der Waals surface area contributed by atoms with Gasteiger partial charge in [0.25, 0.3) is 5.91 Å². The summed E-state index contributed by atoms with van der Waals surface area (Å²) in [5.41, 5.74) is 0.371. The van der Waals surface area contributed by atoms with Crippen LogP contribution in [0.25, 0.3) is 0 Å². The third kappa shape index (κ3) is 4.39. The van der Waals surface area contributed by atoms with Gasteiger partial charge in [-0.2, -0.15) is 0 Å². The molecule has 0 fully saturated rings. The Balaban J connectivity index is 2.71. The Kier molecular flexibility index (Phi) is 5.59. The minimum Gasteiger partial charge on any atom is -0.342 e. The van der Waals surface area contributed by atoms with E-state index in [1.807, 2.05) is 6.92 Å². The lowest BCUT2D eigenvalue weighted by Gasteiger charge is -2.18. The third-order valence-electron chi connectivity index (χ3n) is 2.38. The van der Waals surface area contributed by atoms with Crippen molar-refractivity contribution >= 4 is 37.8 Å². The van der Waals surface area contributed by atoms with Crippen LogP contribution in [0.4, 0.5) is 4.39 Å². The fraction of sp³-hybridized carbons (Fsp3) is 0.417. The van der Waals surface area contributed by atoms with Gasteiger partial charge in [0, 0.05) is 24.0 Å². The van der Waals surface area contributed by atoms with Crippen molar-refractivity contribution in [2.24, 2.45) is 0 Å². The number of benzene rings is 1. The average Bonchev–Trinajstić information content (AvgIpc) is 2.28. The topological polar surface area (TPSA) is 20.3 Å². The number of amides is 1. The molecule has 0 aliphatic rings. The molecule has 1 aromatic carbocycles. The Morgan fingerprint density at radius 2 is 2.18 bits per heavy atom. The smallest absolute Gasteiger partial charge is 0.253 e. The molecule has 0 saturated carbocycles. The van der Waals surface area contributed by atoms with Crippen molar-refractivity contribution in [2.75, 3.05) is 13.6 Å². The molecule has 1 rings (SSSR count). The molecule has 0 bridgehead atoms. The van der Waals surface area contributed by atoms with Crippen molar-refractivity contribution in [2.45, 2.75) is 18.2 Å². The molecule has 0 aliphatic heterocycles. The second kappa shape index (κ2) is 6.50. The Morgan fingerprint density at radius 3 is 2.71 bits per heavy atom. The SMILES string of the molecule is CC(Br)CCN(C)C(=O)c1ccc(Br)c(F)c1. The molecule has 0 aromatic heterocycles. The maximum Gasteiger partial charge on any atom is 0.253 e. The number of carbonyl (C=O) groups excluding carboxylic acids is 1. The van der Waals surface area contributed by atoms with Crippen molar-refractivity contribution in [3.05, 3.63) is 34.1 Å². The highest BCUT2D eigenvalue weighted by Gasteiger charge is 2.13. The van der Waals surface area contributed by atoms with Crippen LogP contribution in [0.3, 0.4) is 0 Å². The Hall–Kier alpha value is -0.420. The van der Waals surface area contributed by atoms with E-state index in [-0.39, 0.29) is 5.91 Å². The lowest BCUT2D eigenvalue weighted by molar-refractivity contribution is 0.0793. The monoisotopic (exact) mass is 365 g/mol. The van der Waals surface area contributed by atoms with Gasteiger partial charge in [-0.1, -0.05) is 22.9 Å². The molecular formula is C12H14Br2FNO. The molecule has 94 valence electrons. The molecule has 0 aliphatic carbocycles. The van der Waals surface area contributed by atoms with Crippen molar-refractivity contribution in [1.29, 1.82) is 0 Å². The summed E-state index contributed by atoms with van der Waals surface area (Å²) in [6, 6.07) is 4.41. The van der Waals surface area contributed by atoms with E-state index in [4.69, 9.17) is 0 Å². The fourth-order valence-electron chi connectivity index (χ4n) is 1.32. The molecule has 5 heteroatoms. The van der Waals surface area contributed by atoms with Crippen LogP contribution >= 0.6 is 31.9 Å². The molecule has 1 aromatic rings. The highest BCUT2D eigenvalue weighted by molar-refractivity contribution is 9.10. The minimum atomic E-state index is -0.418. The van der Waals surface area contributed by atoms with Gasteiger partial charge < -0.3 is 4.90 Å². The summed E-state index contributed by atoms with van der Waals surface area (Å²) in [6.45, 7) is 2.67. The molecule has 0 radical (unpaired) electrons. The number of hydrogen-bond acceptors (Lipinski definition) is 1. The summed E-state index contributed by atoms with van der Waals surface area (Å²) in [5.74, 6) is -0.581. The molecular weight excluding hydrogens is 353 g/mol. The van der Waals surface area contributed by atoms with Gasteiger partial charge in [-0.15, -0.1) is 0 Å². The van der Waals surface area contributed by atoms with Gasteiger partial charge in [0.1, 0.15) is 5.82 Å². The van der Waals surface area contributed by atoms with Crippen LogP contribution in [0.15, 0.2) is 22.7 Å². The summed E-state index contributed by atoms with van der Waals surface area (Å²) in [5, 5.41) is 0. The highest BCUT2D eigenvalue weighted by Crippen LogP contribution is 2.17. The second-order valence-corrected chi connectivity index (χ2v) is 6.34. The van der Waals surface area contributed by atoms with Crippen molar-refractivity contribution in [3.63, 3.8) is 0 Å². The predicted octanol–water partition coefficient (Wildman–Crippen LogP) is 3.83. The van der Waals surface area contributed by atoms with E-state index < -0.39 is 5.82 Å². The molecule has 17 heavy (non-hydrogen) atoms. The Bertz CT molecular complexity index is 409. The highest BCUT2D eigenvalue weighted by atomic mass is 79.9. The van der Waals surface area contributed by atoms with Gasteiger partial charge in [-0.05, 0) is 40.5 Å². The first-order chi connectivity index (χ1) is 7.91. The zero-order valence-electron chi connectivity index (χ0n) is 9.71. The van der Waals surface area contributed by atoms with Crippen molar-refractivity contribution < 1.29 is 9.18 Å². The largest absolute Gasteiger partial charge is 0.342 e. The molecule has 0 heterocycles. The van der Waals surface area contributed by atoms with Crippen LogP contribution in [0, 0.1) is 5.82 Å². The van der Waals surface area contributed by atoms with E-state index in [2.05, 4.69) is 31.9 Å². The first-order valence-corrected chi connectivity index (χ1v) is 6.97. The summed E-state index contributed by atoms with van der Waals surface area (Å²) < 4.78 is 13.7. The zero-order chi connectivity index (χ0) is 13.0. The minimum absolute atomic E-state index is 0.162. The first-order valence-electron chi connectivity index (χ1n) is 5.26. The van der Waals surface area contributed by atoms with E-state index >= 15 is 0 Å². The number of halogens is 3. The zero-order valence-corrected chi connectivity index (χ0v) is 12.9. The first kappa shape index (κ1) is 14.6. The Labute approximate surface area is 117 Å². The van der Waals surface area contributed by atoms with Crippen LogP contribution in [0.5, 0.6) is 0 Å². The molecule has 2 nitrogen and oxygen atoms in total. The number of nitrogens with zero attached hydrogens (tertiary/aromatic N) is 1. The standard InChI is InChI=1S/C12H14Br2FNO/c1-8(13)5-6-16(2)12(17)9-3-4-10(14)11(15)7-9/h3-4,7-8H,5-6H2,1-2H3. The lowest BCUT2D eigenvalue weighted by Crippen LogP contribution is -2.28. The van der Waals surface area contributed by atoms with Crippen LogP contribution in [0.2, 0.25) is 0 Å². The normalized spacial score (nSPS) is 12.3. The van der Waals surface area contributed by atoms with Crippen LogP contribution in [-0.4, -0.2) is 29.2 Å². The molecule has 0 spiro atoms. The maximum atomic E-state index is 13.3. The van der Waals surface area contributed by atoms with E-state index in [9.17, 15) is 9.18 Å². The fourth-order valence-corrected chi connectivity index (χ4v) is 1.77. The van der Waals surface area contributed by atoms with Gasteiger partial charge in [0.05, 0.1) is 4.47 Å². The van der Waals surface area contributed by atoms with Crippen molar-refractivity contribution in [3.8, 4) is 0 Å². The number of rotatable bonds is 4. The summed E-state index contributed by atoms with van der Waals surface area (Å²) in [7, 11) is 1.72. The maximum absolute atomic E-state index is 13.3. The number of hydrogen-bond donors (Lipinski definition) is 0. The molecule has 0 N–H and O–H groups in total. The third-order valence-corrected chi connectivity index (χ3v) is 3.48. The second-order valence-electron chi connectivity index (χ2n) is 3.93.